The molecule has 0 heterocycles. The highest BCUT2D eigenvalue weighted by molar-refractivity contribution is 9.11. The fourth-order valence-corrected chi connectivity index (χ4v) is 4.02. The summed E-state index contributed by atoms with van der Waals surface area (Å²) in [6.07, 6.45) is 0. The van der Waals surface area contributed by atoms with Gasteiger partial charge in [-0.1, -0.05) is 28.1 Å². The van der Waals surface area contributed by atoms with Crippen LogP contribution in [-0.2, 0) is 6.61 Å². The van der Waals surface area contributed by atoms with Crippen LogP contribution in [0.4, 0.5) is 10.1 Å². The van der Waals surface area contributed by atoms with Gasteiger partial charge in [0.25, 0.3) is 0 Å². The minimum atomic E-state index is -0.438. The van der Waals surface area contributed by atoms with Crippen LogP contribution in [0.5, 0.6) is 5.75 Å². The van der Waals surface area contributed by atoms with E-state index < -0.39 is 5.82 Å². The summed E-state index contributed by atoms with van der Waals surface area (Å²) in [5.41, 5.74) is 6.05. The van der Waals surface area contributed by atoms with Crippen molar-refractivity contribution in [1.82, 2.24) is 0 Å². The first kappa shape index (κ1) is 14.8. The molecule has 2 nitrogen and oxygen atoms in total. The highest BCUT2D eigenvalue weighted by atomic mass is 79.9. The molecule has 6 heteroatoms. The topological polar surface area (TPSA) is 35.2 Å². The van der Waals surface area contributed by atoms with Gasteiger partial charge in [-0.15, -0.1) is 0 Å². The first-order chi connectivity index (χ1) is 8.99. The zero-order valence-corrected chi connectivity index (χ0v) is 14.3. The molecular weight excluding hydrogens is 445 g/mol. The van der Waals surface area contributed by atoms with Gasteiger partial charge < -0.3 is 10.5 Å². The summed E-state index contributed by atoms with van der Waals surface area (Å²) in [6, 6.07) is 8.57. The molecule has 19 heavy (non-hydrogen) atoms. The van der Waals surface area contributed by atoms with Crippen molar-refractivity contribution < 1.29 is 9.13 Å². The Morgan fingerprint density at radius 1 is 1.11 bits per heavy atom. The van der Waals surface area contributed by atoms with Crippen LogP contribution in [0.25, 0.3) is 0 Å². The number of rotatable bonds is 3. The molecule has 0 aliphatic carbocycles. The second kappa shape index (κ2) is 6.24. The maximum Gasteiger partial charge on any atom is 0.152 e. The standard InChI is InChI=1S/C13H9Br3FNO/c14-8-4-9(15)13(10(16)5-8)19-6-7-2-1-3-11(18)12(7)17/h1-5H,6,18H2. The van der Waals surface area contributed by atoms with Crippen molar-refractivity contribution in [1.29, 1.82) is 0 Å². The zero-order valence-electron chi connectivity index (χ0n) is 9.59. The number of hydrogen-bond acceptors (Lipinski definition) is 2. The van der Waals surface area contributed by atoms with Gasteiger partial charge in [0, 0.05) is 10.0 Å². The monoisotopic (exact) mass is 451 g/mol. The van der Waals surface area contributed by atoms with Crippen molar-refractivity contribution in [2.45, 2.75) is 6.61 Å². The van der Waals surface area contributed by atoms with Crippen LogP contribution < -0.4 is 10.5 Å². The molecule has 2 aromatic rings. The van der Waals surface area contributed by atoms with E-state index in [2.05, 4.69) is 47.8 Å². The molecular formula is C13H9Br3FNO. The Hall–Kier alpha value is -0.590. The second-order valence-electron chi connectivity index (χ2n) is 3.81. The molecule has 0 amide bonds. The van der Waals surface area contributed by atoms with Crippen LogP contribution >= 0.6 is 47.8 Å². The summed E-state index contributed by atoms with van der Waals surface area (Å²) in [4.78, 5) is 0. The van der Waals surface area contributed by atoms with Gasteiger partial charge >= 0.3 is 0 Å². The smallest absolute Gasteiger partial charge is 0.152 e. The largest absolute Gasteiger partial charge is 0.486 e. The Labute approximate surface area is 135 Å². The molecule has 0 spiro atoms. The van der Waals surface area contributed by atoms with Crippen LogP contribution in [0.15, 0.2) is 43.7 Å². The van der Waals surface area contributed by atoms with E-state index in [-0.39, 0.29) is 12.3 Å². The predicted molar refractivity (Wildman–Crippen MR) is 84.7 cm³/mol. The predicted octanol–water partition coefficient (Wildman–Crippen LogP) is 5.27. The van der Waals surface area contributed by atoms with Crippen LogP contribution in [-0.4, -0.2) is 0 Å². The Morgan fingerprint density at radius 2 is 1.74 bits per heavy atom. The van der Waals surface area contributed by atoms with Gasteiger partial charge in [-0.05, 0) is 50.1 Å². The third-order valence-electron chi connectivity index (χ3n) is 2.44. The molecule has 0 fully saturated rings. The normalized spacial score (nSPS) is 10.5. The minimum absolute atomic E-state index is 0.107. The fraction of sp³-hybridized carbons (Fsp3) is 0.0769. The van der Waals surface area contributed by atoms with E-state index in [0.29, 0.717) is 11.3 Å². The molecule has 0 saturated carbocycles. The Bertz CT molecular complexity index is 596. The molecule has 0 aliphatic heterocycles. The first-order valence-corrected chi connectivity index (χ1v) is 7.67. The molecule has 0 aromatic heterocycles. The van der Waals surface area contributed by atoms with E-state index in [1.165, 1.54) is 6.07 Å². The van der Waals surface area contributed by atoms with Gasteiger partial charge in [-0.2, -0.15) is 0 Å². The van der Waals surface area contributed by atoms with Gasteiger partial charge in [0.1, 0.15) is 12.4 Å². The Kier molecular flexibility index (Phi) is 4.86. The van der Waals surface area contributed by atoms with Crippen molar-refractivity contribution in [3.8, 4) is 5.75 Å². The van der Waals surface area contributed by atoms with Crippen molar-refractivity contribution in [2.24, 2.45) is 0 Å². The quantitative estimate of drug-likeness (QED) is 0.642. The summed E-state index contributed by atoms with van der Waals surface area (Å²) in [5, 5.41) is 0. The van der Waals surface area contributed by atoms with E-state index in [0.717, 1.165) is 13.4 Å². The van der Waals surface area contributed by atoms with E-state index in [4.69, 9.17) is 10.5 Å². The lowest BCUT2D eigenvalue weighted by atomic mass is 10.2. The maximum atomic E-state index is 13.7. The number of halogens is 4. The minimum Gasteiger partial charge on any atom is -0.486 e. The number of hydrogen-bond donors (Lipinski definition) is 1. The van der Waals surface area contributed by atoms with Crippen LogP contribution in [0.3, 0.4) is 0 Å². The zero-order chi connectivity index (χ0) is 14.0. The summed E-state index contributed by atoms with van der Waals surface area (Å²) < 4.78 is 21.8. The highest BCUT2D eigenvalue weighted by Crippen LogP contribution is 2.37. The molecule has 100 valence electrons. The highest BCUT2D eigenvalue weighted by Gasteiger charge is 2.11. The van der Waals surface area contributed by atoms with Crippen LogP contribution in [0, 0.1) is 5.82 Å². The molecule has 0 bridgehead atoms. The molecule has 2 aromatic carbocycles. The van der Waals surface area contributed by atoms with E-state index in [1.54, 1.807) is 12.1 Å². The average Bonchev–Trinajstić information content (AvgIpc) is 2.33. The van der Waals surface area contributed by atoms with E-state index in [1.807, 2.05) is 12.1 Å². The number of nitrogens with two attached hydrogens (primary N) is 1. The summed E-state index contributed by atoms with van der Waals surface area (Å²) in [7, 11) is 0. The van der Waals surface area contributed by atoms with Crippen molar-refractivity contribution >= 4 is 53.5 Å². The summed E-state index contributed by atoms with van der Waals surface area (Å²) in [5.74, 6) is 0.178. The third-order valence-corrected chi connectivity index (χ3v) is 4.08. The first-order valence-electron chi connectivity index (χ1n) is 5.29. The molecule has 0 aliphatic rings. The fourth-order valence-electron chi connectivity index (χ4n) is 1.53. The van der Waals surface area contributed by atoms with E-state index >= 15 is 0 Å². The van der Waals surface area contributed by atoms with Crippen molar-refractivity contribution in [3.05, 3.63) is 55.1 Å². The molecule has 0 radical (unpaired) electrons. The molecule has 0 unspecified atom stereocenters. The third kappa shape index (κ3) is 3.49. The Balaban J connectivity index is 2.22. The lowest BCUT2D eigenvalue weighted by Crippen LogP contribution is -2.02. The molecule has 0 atom stereocenters. The van der Waals surface area contributed by atoms with Crippen LogP contribution in [0.2, 0.25) is 0 Å². The van der Waals surface area contributed by atoms with Gasteiger partial charge in [-0.25, -0.2) is 4.39 Å². The van der Waals surface area contributed by atoms with Crippen molar-refractivity contribution in [2.75, 3.05) is 5.73 Å². The lowest BCUT2D eigenvalue weighted by molar-refractivity contribution is 0.296. The van der Waals surface area contributed by atoms with Gasteiger partial charge in [0.05, 0.1) is 14.6 Å². The Morgan fingerprint density at radius 3 is 2.37 bits per heavy atom. The second-order valence-corrected chi connectivity index (χ2v) is 6.43. The van der Waals surface area contributed by atoms with E-state index in [9.17, 15) is 4.39 Å². The number of ether oxygens (including phenoxy) is 1. The number of anilines is 1. The SMILES string of the molecule is Nc1cccc(COc2c(Br)cc(Br)cc2Br)c1F. The van der Waals surface area contributed by atoms with Gasteiger partial charge in [0.2, 0.25) is 0 Å². The summed E-state index contributed by atoms with van der Waals surface area (Å²) >= 11 is 10.2. The average molecular weight is 454 g/mol. The van der Waals surface area contributed by atoms with Gasteiger partial charge in [0.15, 0.2) is 5.82 Å². The van der Waals surface area contributed by atoms with Gasteiger partial charge in [-0.3, -0.25) is 0 Å². The van der Waals surface area contributed by atoms with Crippen LogP contribution in [0.1, 0.15) is 5.56 Å². The molecule has 2 rings (SSSR count). The van der Waals surface area contributed by atoms with Crippen molar-refractivity contribution in [3.63, 3.8) is 0 Å². The maximum absolute atomic E-state index is 13.7. The molecule has 2 N–H and O–H groups in total. The lowest BCUT2D eigenvalue weighted by Gasteiger charge is -2.12. The number of benzene rings is 2. The number of nitrogen functional groups attached to an aromatic ring is 1. The summed E-state index contributed by atoms with van der Waals surface area (Å²) in [6.45, 7) is 0.107. The molecule has 0 saturated heterocycles.